The first-order valence-corrected chi connectivity index (χ1v) is 4.18. The molecule has 4 N–H and O–H groups in total. The van der Waals surface area contributed by atoms with Crippen LogP contribution in [0, 0.1) is 0 Å². The van der Waals surface area contributed by atoms with Crippen molar-refractivity contribution in [3.05, 3.63) is 12.4 Å². The van der Waals surface area contributed by atoms with E-state index in [1.54, 1.807) is 13.0 Å². The van der Waals surface area contributed by atoms with Gasteiger partial charge in [-0.05, 0) is 13.3 Å². The Bertz CT molecular complexity index is 264. The monoisotopic (exact) mass is 182 g/mol. The Morgan fingerprint density at radius 2 is 2.38 bits per heavy atom. The van der Waals surface area contributed by atoms with E-state index < -0.39 is 0 Å². The second-order valence-electron chi connectivity index (χ2n) is 2.89. The van der Waals surface area contributed by atoms with E-state index >= 15 is 0 Å². The first kappa shape index (κ1) is 9.73. The lowest BCUT2D eigenvalue weighted by Gasteiger charge is -2.06. The van der Waals surface area contributed by atoms with Gasteiger partial charge in [0.25, 0.3) is 0 Å². The van der Waals surface area contributed by atoms with Crippen molar-refractivity contribution in [3.63, 3.8) is 0 Å². The van der Waals surface area contributed by atoms with E-state index in [0.717, 1.165) is 0 Å². The number of hydrogen-bond acceptors (Lipinski definition) is 5. The van der Waals surface area contributed by atoms with Gasteiger partial charge < -0.3 is 16.2 Å². The van der Waals surface area contributed by atoms with Crippen molar-refractivity contribution in [1.29, 1.82) is 0 Å². The van der Waals surface area contributed by atoms with Crippen molar-refractivity contribution in [1.82, 2.24) is 9.97 Å². The van der Waals surface area contributed by atoms with Crippen LogP contribution in [0.2, 0.25) is 0 Å². The lowest BCUT2D eigenvalue weighted by atomic mass is 10.3. The molecule has 1 atom stereocenters. The standard InChI is InChI=1S/C8H14N4O/c1-6(13)2-3-10-8-4-7(9)11-5-12-8/h4-6,13H,2-3H2,1H3,(H3,9,10,11,12). The maximum Gasteiger partial charge on any atom is 0.131 e. The number of aliphatic hydroxyl groups excluding tert-OH is 1. The maximum absolute atomic E-state index is 8.99. The first-order chi connectivity index (χ1) is 6.18. The van der Waals surface area contributed by atoms with E-state index in [2.05, 4.69) is 15.3 Å². The van der Waals surface area contributed by atoms with Gasteiger partial charge in [0, 0.05) is 12.6 Å². The zero-order valence-corrected chi connectivity index (χ0v) is 7.57. The number of aliphatic hydroxyl groups is 1. The average molecular weight is 182 g/mol. The SMILES string of the molecule is CC(O)CCNc1cc(N)ncn1. The molecule has 1 unspecified atom stereocenters. The van der Waals surface area contributed by atoms with Crippen molar-refractivity contribution >= 4 is 11.6 Å². The van der Waals surface area contributed by atoms with Crippen LogP contribution < -0.4 is 11.1 Å². The molecule has 0 fully saturated rings. The summed E-state index contributed by atoms with van der Waals surface area (Å²) in [5.74, 6) is 1.13. The molecule has 0 aliphatic carbocycles. The van der Waals surface area contributed by atoms with E-state index in [1.807, 2.05) is 0 Å². The third-order valence-electron chi connectivity index (χ3n) is 1.56. The molecule has 1 aromatic heterocycles. The highest BCUT2D eigenvalue weighted by molar-refractivity contribution is 5.42. The second kappa shape index (κ2) is 4.61. The van der Waals surface area contributed by atoms with Gasteiger partial charge in [0.1, 0.15) is 18.0 Å². The Morgan fingerprint density at radius 3 is 3.00 bits per heavy atom. The zero-order valence-electron chi connectivity index (χ0n) is 7.57. The number of hydrogen-bond donors (Lipinski definition) is 3. The van der Waals surface area contributed by atoms with Crippen molar-refractivity contribution in [3.8, 4) is 0 Å². The van der Waals surface area contributed by atoms with Gasteiger partial charge in [-0.2, -0.15) is 0 Å². The number of rotatable bonds is 4. The van der Waals surface area contributed by atoms with Gasteiger partial charge in [-0.15, -0.1) is 0 Å². The molecule has 0 aliphatic rings. The van der Waals surface area contributed by atoms with Gasteiger partial charge in [-0.1, -0.05) is 0 Å². The number of nitrogen functional groups attached to an aromatic ring is 1. The third-order valence-corrected chi connectivity index (χ3v) is 1.56. The number of nitrogens with one attached hydrogen (secondary N) is 1. The van der Waals surface area contributed by atoms with Crippen LogP contribution in [0.1, 0.15) is 13.3 Å². The molecule has 5 nitrogen and oxygen atoms in total. The summed E-state index contributed by atoms with van der Waals surface area (Å²) in [7, 11) is 0. The molecule has 13 heavy (non-hydrogen) atoms. The van der Waals surface area contributed by atoms with Crippen LogP contribution in [0.15, 0.2) is 12.4 Å². The fourth-order valence-electron chi connectivity index (χ4n) is 0.878. The largest absolute Gasteiger partial charge is 0.393 e. The lowest BCUT2D eigenvalue weighted by Crippen LogP contribution is -2.10. The Labute approximate surface area is 77.0 Å². The molecular formula is C8H14N4O. The molecule has 0 aliphatic heterocycles. The van der Waals surface area contributed by atoms with Crippen LogP contribution in [0.5, 0.6) is 0 Å². The van der Waals surface area contributed by atoms with Gasteiger partial charge >= 0.3 is 0 Å². The Morgan fingerprint density at radius 1 is 1.62 bits per heavy atom. The van der Waals surface area contributed by atoms with Crippen LogP contribution in [-0.4, -0.2) is 27.7 Å². The number of anilines is 2. The Balaban J connectivity index is 2.37. The summed E-state index contributed by atoms with van der Waals surface area (Å²) in [6.45, 7) is 2.42. The van der Waals surface area contributed by atoms with Gasteiger partial charge in [-0.3, -0.25) is 0 Å². The molecule has 0 spiro atoms. The fourth-order valence-corrected chi connectivity index (χ4v) is 0.878. The van der Waals surface area contributed by atoms with E-state index in [9.17, 15) is 0 Å². The number of nitrogens with two attached hydrogens (primary N) is 1. The molecule has 0 bridgehead atoms. The highest BCUT2D eigenvalue weighted by Gasteiger charge is 1.97. The predicted octanol–water partition coefficient (Wildman–Crippen LogP) is 0.242. The lowest BCUT2D eigenvalue weighted by molar-refractivity contribution is 0.188. The normalized spacial score (nSPS) is 12.5. The minimum atomic E-state index is -0.299. The molecule has 5 heteroatoms. The molecule has 0 amide bonds. The molecule has 72 valence electrons. The van der Waals surface area contributed by atoms with Crippen molar-refractivity contribution in [2.75, 3.05) is 17.6 Å². The quantitative estimate of drug-likeness (QED) is 0.621. The summed E-state index contributed by atoms with van der Waals surface area (Å²) in [6.07, 6.45) is 1.79. The molecule has 0 saturated carbocycles. The minimum absolute atomic E-state index is 0.299. The third kappa shape index (κ3) is 3.71. The van der Waals surface area contributed by atoms with E-state index in [1.165, 1.54) is 6.33 Å². The summed E-state index contributed by atoms with van der Waals surface area (Å²) in [5.41, 5.74) is 5.45. The van der Waals surface area contributed by atoms with Gasteiger partial charge in [-0.25, -0.2) is 9.97 Å². The highest BCUT2D eigenvalue weighted by atomic mass is 16.3. The van der Waals surface area contributed by atoms with Gasteiger partial charge in [0.05, 0.1) is 6.10 Å². The zero-order chi connectivity index (χ0) is 9.68. The van der Waals surface area contributed by atoms with E-state index in [0.29, 0.717) is 24.6 Å². The van der Waals surface area contributed by atoms with Crippen molar-refractivity contribution in [2.45, 2.75) is 19.4 Å². The minimum Gasteiger partial charge on any atom is -0.393 e. The molecule has 0 saturated heterocycles. The smallest absolute Gasteiger partial charge is 0.131 e. The van der Waals surface area contributed by atoms with Crippen molar-refractivity contribution < 1.29 is 5.11 Å². The van der Waals surface area contributed by atoms with Crippen LogP contribution >= 0.6 is 0 Å². The Hall–Kier alpha value is -1.36. The number of aromatic nitrogens is 2. The molecule has 0 radical (unpaired) electrons. The summed E-state index contributed by atoms with van der Waals surface area (Å²) in [5, 5.41) is 12.0. The second-order valence-corrected chi connectivity index (χ2v) is 2.89. The molecule has 1 aromatic rings. The summed E-state index contributed by atoms with van der Waals surface area (Å²) >= 11 is 0. The van der Waals surface area contributed by atoms with Crippen molar-refractivity contribution in [2.24, 2.45) is 0 Å². The van der Waals surface area contributed by atoms with Gasteiger partial charge in [0.15, 0.2) is 0 Å². The van der Waals surface area contributed by atoms with E-state index in [-0.39, 0.29) is 6.10 Å². The Kier molecular flexibility index (Phi) is 3.45. The summed E-state index contributed by atoms with van der Waals surface area (Å²) in [4.78, 5) is 7.71. The summed E-state index contributed by atoms with van der Waals surface area (Å²) < 4.78 is 0. The van der Waals surface area contributed by atoms with E-state index in [4.69, 9.17) is 10.8 Å². The molecule has 1 rings (SSSR count). The fraction of sp³-hybridized carbons (Fsp3) is 0.500. The molecular weight excluding hydrogens is 168 g/mol. The maximum atomic E-state index is 8.99. The van der Waals surface area contributed by atoms with Crippen LogP contribution in [0.25, 0.3) is 0 Å². The summed E-state index contributed by atoms with van der Waals surface area (Å²) in [6, 6.07) is 1.65. The van der Waals surface area contributed by atoms with Crippen LogP contribution in [0.3, 0.4) is 0 Å². The molecule has 1 heterocycles. The van der Waals surface area contributed by atoms with Crippen LogP contribution in [0.4, 0.5) is 11.6 Å². The predicted molar refractivity (Wildman–Crippen MR) is 51.2 cm³/mol. The number of nitrogens with zero attached hydrogens (tertiary/aromatic N) is 2. The first-order valence-electron chi connectivity index (χ1n) is 4.18. The molecule has 0 aromatic carbocycles. The highest BCUT2D eigenvalue weighted by Crippen LogP contribution is 2.04. The average Bonchev–Trinajstić information content (AvgIpc) is 2.03. The van der Waals surface area contributed by atoms with Gasteiger partial charge in [0.2, 0.25) is 0 Å². The topological polar surface area (TPSA) is 84.1 Å². The van der Waals surface area contributed by atoms with Crippen LogP contribution in [-0.2, 0) is 0 Å².